The first kappa shape index (κ1) is 23.5. The van der Waals surface area contributed by atoms with E-state index in [2.05, 4.69) is 49.7 Å². The van der Waals surface area contributed by atoms with Gasteiger partial charge in [-0.25, -0.2) is 0 Å². The molecule has 4 aromatic heterocycles. The first-order valence-corrected chi connectivity index (χ1v) is 13.8. The zero-order chi connectivity index (χ0) is 26.5. The normalized spacial score (nSPS) is 13.6. The Bertz CT molecular complexity index is 1890. The van der Waals surface area contributed by atoms with Crippen molar-refractivity contribution in [3.05, 3.63) is 77.9 Å². The fourth-order valence-corrected chi connectivity index (χ4v) is 6.09. The van der Waals surface area contributed by atoms with Crippen molar-refractivity contribution in [3.8, 4) is 33.0 Å². The van der Waals surface area contributed by atoms with Crippen molar-refractivity contribution < 1.29 is 9.59 Å². The number of nitrogens with one attached hydrogen (secondary N) is 3. The molecule has 1 fully saturated rings. The van der Waals surface area contributed by atoms with Gasteiger partial charge in [0.1, 0.15) is 5.69 Å². The molecule has 7 rings (SSSR count). The van der Waals surface area contributed by atoms with E-state index in [1.807, 2.05) is 42.6 Å². The summed E-state index contributed by atoms with van der Waals surface area (Å²) in [6.07, 6.45) is 6.54. The lowest BCUT2D eigenvalue weighted by Gasteiger charge is -2.24. The second kappa shape index (κ2) is 9.32. The molecule has 0 bridgehead atoms. The monoisotopic (exact) mass is 531 g/mol. The number of nitrogens with zero attached hydrogens (tertiary/aromatic N) is 2. The number of aromatic amines is 2. The average Bonchev–Trinajstić information content (AvgIpc) is 3.65. The first-order valence-electron chi connectivity index (χ1n) is 13.0. The Morgan fingerprint density at radius 2 is 1.85 bits per heavy atom. The summed E-state index contributed by atoms with van der Waals surface area (Å²) in [5, 5.41) is 12.9. The van der Waals surface area contributed by atoms with Crippen LogP contribution >= 0.6 is 11.3 Å². The number of pyridine rings is 1. The molecule has 1 aliphatic carbocycles. The predicted octanol–water partition coefficient (Wildman–Crippen LogP) is 7.44. The van der Waals surface area contributed by atoms with E-state index in [0.717, 1.165) is 78.9 Å². The number of amides is 1. The fraction of sp³-hybridized carbons (Fsp3) is 0.161. The van der Waals surface area contributed by atoms with Crippen LogP contribution in [0.15, 0.2) is 73.1 Å². The zero-order valence-corrected chi connectivity index (χ0v) is 22.1. The van der Waals surface area contributed by atoms with E-state index >= 15 is 0 Å². The molecule has 1 amide bonds. The number of ketones is 1. The van der Waals surface area contributed by atoms with Gasteiger partial charge in [0.05, 0.1) is 28.0 Å². The second-order valence-corrected chi connectivity index (χ2v) is 11.2. The molecule has 0 unspecified atom stereocenters. The third-order valence-electron chi connectivity index (χ3n) is 7.52. The highest BCUT2D eigenvalue weighted by Gasteiger charge is 2.25. The van der Waals surface area contributed by atoms with Crippen molar-refractivity contribution in [1.29, 1.82) is 0 Å². The van der Waals surface area contributed by atoms with Crippen molar-refractivity contribution >= 4 is 50.5 Å². The highest BCUT2D eigenvalue weighted by atomic mass is 32.1. The smallest absolute Gasteiger partial charge is 0.227 e. The van der Waals surface area contributed by atoms with Crippen molar-refractivity contribution in [2.45, 2.75) is 26.2 Å². The van der Waals surface area contributed by atoms with E-state index in [1.54, 1.807) is 13.1 Å². The van der Waals surface area contributed by atoms with Gasteiger partial charge < -0.3 is 10.3 Å². The number of hydrogen-bond acceptors (Lipinski definition) is 5. The van der Waals surface area contributed by atoms with Gasteiger partial charge in [0, 0.05) is 44.4 Å². The largest absolute Gasteiger partial charge is 0.353 e. The van der Waals surface area contributed by atoms with Crippen LogP contribution in [0.3, 0.4) is 0 Å². The summed E-state index contributed by atoms with van der Waals surface area (Å²) in [7, 11) is 0. The van der Waals surface area contributed by atoms with E-state index in [-0.39, 0.29) is 17.6 Å². The van der Waals surface area contributed by atoms with Crippen molar-refractivity contribution in [2.75, 3.05) is 5.32 Å². The fourth-order valence-electron chi connectivity index (χ4n) is 5.15. The molecule has 0 radical (unpaired) electrons. The summed E-state index contributed by atoms with van der Waals surface area (Å²) < 4.78 is 0. The Morgan fingerprint density at radius 3 is 2.64 bits per heavy atom. The molecule has 8 heteroatoms. The van der Waals surface area contributed by atoms with E-state index in [1.165, 1.54) is 11.3 Å². The Morgan fingerprint density at radius 1 is 0.949 bits per heavy atom. The van der Waals surface area contributed by atoms with Crippen LogP contribution in [0.25, 0.3) is 54.8 Å². The van der Waals surface area contributed by atoms with Gasteiger partial charge in [-0.2, -0.15) is 5.10 Å². The minimum Gasteiger partial charge on any atom is -0.353 e. The molecule has 6 aromatic rings. The lowest BCUT2D eigenvalue weighted by molar-refractivity contribution is -0.122. The van der Waals surface area contributed by atoms with Gasteiger partial charge in [-0.3, -0.25) is 19.7 Å². The van der Waals surface area contributed by atoms with Gasteiger partial charge >= 0.3 is 0 Å². The average molecular weight is 532 g/mol. The van der Waals surface area contributed by atoms with Crippen LogP contribution in [-0.2, 0) is 4.79 Å². The SMILES string of the molecule is CC(=O)c1ccc(-c2cccc3[nH]c(-c4n[nH]c5ccc(-c6cncc(NC(=O)C7CCC7)c6)cc45)cc23)s1. The summed E-state index contributed by atoms with van der Waals surface area (Å²) in [5.74, 6) is 0.269. The minimum atomic E-state index is 0.0750. The molecule has 0 spiro atoms. The number of anilines is 1. The molecular weight excluding hydrogens is 506 g/mol. The molecule has 0 atom stereocenters. The van der Waals surface area contributed by atoms with E-state index in [0.29, 0.717) is 5.69 Å². The Kier molecular flexibility index (Phi) is 5.63. The molecule has 0 saturated heterocycles. The van der Waals surface area contributed by atoms with Crippen LogP contribution < -0.4 is 5.32 Å². The maximum absolute atomic E-state index is 12.4. The van der Waals surface area contributed by atoms with Crippen LogP contribution in [0.4, 0.5) is 5.69 Å². The summed E-state index contributed by atoms with van der Waals surface area (Å²) in [4.78, 5) is 34.0. The highest BCUT2D eigenvalue weighted by Crippen LogP contribution is 2.38. The van der Waals surface area contributed by atoms with Crippen LogP contribution in [0.2, 0.25) is 0 Å². The van der Waals surface area contributed by atoms with Crippen LogP contribution in [0.1, 0.15) is 35.9 Å². The van der Waals surface area contributed by atoms with E-state index in [4.69, 9.17) is 0 Å². The molecule has 192 valence electrons. The second-order valence-electron chi connectivity index (χ2n) is 10.1. The van der Waals surface area contributed by atoms with Gasteiger partial charge in [0.25, 0.3) is 0 Å². The molecule has 1 saturated carbocycles. The summed E-state index contributed by atoms with van der Waals surface area (Å²) in [6, 6.07) is 20.3. The van der Waals surface area contributed by atoms with Gasteiger partial charge in [-0.1, -0.05) is 24.6 Å². The number of Topliss-reactive ketones (excluding diaryl/α,β-unsaturated/α-hetero) is 1. The third-order valence-corrected chi connectivity index (χ3v) is 8.73. The van der Waals surface area contributed by atoms with Crippen LogP contribution in [-0.4, -0.2) is 31.9 Å². The molecule has 7 nitrogen and oxygen atoms in total. The van der Waals surface area contributed by atoms with E-state index < -0.39 is 0 Å². The maximum atomic E-state index is 12.4. The van der Waals surface area contributed by atoms with Gasteiger partial charge in [-0.05, 0) is 67.8 Å². The predicted molar refractivity (Wildman–Crippen MR) is 156 cm³/mol. The van der Waals surface area contributed by atoms with Crippen LogP contribution in [0, 0.1) is 5.92 Å². The Hall–Kier alpha value is -4.56. The molecule has 1 aliphatic rings. The summed E-state index contributed by atoms with van der Waals surface area (Å²) in [6.45, 7) is 1.60. The van der Waals surface area contributed by atoms with Crippen molar-refractivity contribution in [2.24, 2.45) is 5.92 Å². The topological polar surface area (TPSA) is 104 Å². The number of fused-ring (bicyclic) bond motifs is 2. The molecule has 3 N–H and O–H groups in total. The van der Waals surface area contributed by atoms with E-state index in [9.17, 15) is 9.59 Å². The van der Waals surface area contributed by atoms with Crippen molar-refractivity contribution in [3.63, 3.8) is 0 Å². The number of thiophene rings is 1. The quantitative estimate of drug-likeness (QED) is 0.194. The standard InChI is InChI=1S/C31H25N5O2S/c1-17(37)28-10-11-29(39-28)22-6-3-7-25-23(22)14-27(34-25)30-24-13-19(8-9-26(24)35-36-30)20-12-21(16-32-15-20)33-31(38)18-4-2-5-18/h3,6-16,18,34H,2,4-5H2,1H3,(H,33,38)(H,35,36). The number of H-pyrrole nitrogens is 2. The lowest BCUT2D eigenvalue weighted by atomic mass is 9.85. The number of benzene rings is 2. The number of carbonyl (C=O) groups is 2. The summed E-state index contributed by atoms with van der Waals surface area (Å²) >= 11 is 1.51. The number of carbonyl (C=O) groups excluding carboxylic acids is 2. The lowest BCUT2D eigenvalue weighted by Crippen LogP contribution is -2.28. The van der Waals surface area contributed by atoms with Gasteiger partial charge in [0.2, 0.25) is 5.91 Å². The van der Waals surface area contributed by atoms with Crippen LogP contribution in [0.5, 0.6) is 0 Å². The van der Waals surface area contributed by atoms with Gasteiger partial charge in [0.15, 0.2) is 5.78 Å². The maximum Gasteiger partial charge on any atom is 0.227 e. The van der Waals surface area contributed by atoms with Crippen molar-refractivity contribution in [1.82, 2.24) is 20.2 Å². The molecule has 0 aliphatic heterocycles. The number of aromatic nitrogens is 4. The summed E-state index contributed by atoms with van der Waals surface area (Å²) in [5.41, 5.74) is 7.38. The van der Waals surface area contributed by atoms with Gasteiger partial charge in [-0.15, -0.1) is 11.3 Å². The molecular formula is C31H25N5O2S. The Balaban J connectivity index is 1.25. The zero-order valence-electron chi connectivity index (χ0n) is 21.2. The molecule has 2 aromatic carbocycles. The molecule has 4 heterocycles. The first-order chi connectivity index (χ1) is 19.0. The molecule has 39 heavy (non-hydrogen) atoms. The number of hydrogen-bond donors (Lipinski definition) is 3. The minimum absolute atomic E-state index is 0.0750. The Labute approximate surface area is 228 Å². The number of rotatable bonds is 6. The highest BCUT2D eigenvalue weighted by molar-refractivity contribution is 7.17. The third kappa shape index (κ3) is 4.23.